The summed E-state index contributed by atoms with van der Waals surface area (Å²) in [7, 11) is 0. The molecular weight excluding hydrogens is 318 g/mol. The summed E-state index contributed by atoms with van der Waals surface area (Å²) in [6, 6.07) is 5.23. The Morgan fingerprint density at radius 2 is 2.22 bits per heavy atom. The maximum Gasteiger partial charge on any atom is 0.253 e. The zero-order valence-corrected chi connectivity index (χ0v) is 12.2. The number of carbonyl (C=O) groups excluding carboxylic acids is 1. The molecular formula is C13H15BrClNO2. The SMILES string of the molecule is O=C(N[C@@H]1CCC[C@H](O)C1)c1cc(Br)ccc1Cl. The largest absolute Gasteiger partial charge is 0.393 e. The van der Waals surface area contributed by atoms with Crippen LogP contribution in [-0.2, 0) is 0 Å². The minimum atomic E-state index is -0.304. The average Bonchev–Trinajstić information content (AvgIpc) is 2.32. The molecule has 0 aromatic heterocycles. The van der Waals surface area contributed by atoms with Gasteiger partial charge in [-0.1, -0.05) is 27.5 Å². The van der Waals surface area contributed by atoms with E-state index in [1.54, 1.807) is 18.2 Å². The predicted molar refractivity (Wildman–Crippen MR) is 74.9 cm³/mol. The summed E-state index contributed by atoms with van der Waals surface area (Å²) in [5, 5.41) is 12.9. The predicted octanol–water partition coefficient (Wildman–Crippen LogP) is 3.14. The molecule has 1 aromatic carbocycles. The first kappa shape index (κ1) is 13.8. The van der Waals surface area contributed by atoms with Gasteiger partial charge in [0.2, 0.25) is 0 Å². The van der Waals surface area contributed by atoms with Gasteiger partial charge >= 0.3 is 0 Å². The molecule has 0 saturated heterocycles. The van der Waals surface area contributed by atoms with Crippen LogP contribution in [0.5, 0.6) is 0 Å². The Labute approximate surface area is 120 Å². The van der Waals surface area contributed by atoms with Crippen molar-refractivity contribution < 1.29 is 9.90 Å². The second-order valence-electron chi connectivity index (χ2n) is 4.61. The lowest BCUT2D eigenvalue weighted by Gasteiger charge is -2.26. The minimum absolute atomic E-state index is 0.0382. The van der Waals surface area contributed by atoms with Crippen molar-refractivity contribution in [1.82, 2.24) is 5.32 Å². The van der Waals surface area contributed by atoms with Gasteiger partial charge in [0, 0.05) is 10.5 Å². The Hall–Kier alpha value is -0.580. The van der Waals surface area contributed by atoms with Crippen LogP contribution < -0.4 is 5.32 Å². The Morgan fingerprint density at radius 1 is 1.44 bits per heavy atom. The summed E-state index contributed by atoms with van der Waals surface area (Å²) in [6.45, 7) is 0. The lowest BCUT2D eigenvalue weighted by atomic mass is 9.93. The first-order valence-electron chi connectivity index (χ1n) is 6.00. The van der Waals surface area contributed by atoms with Gasteiger partial charge < -0.3 is 10.4 Å². The molecule has 18 heavy (non-hydrogen) atoms. The molecule has 2 rings (SSSR count). The van der Waals surface area contributed by atoms with Gasteiger partial charge in [0.1, 0.15) is 0 Å². The van der Waals surface area contributed by atoms with Crippen LogP contribution in [0.3, 0.4) is 0 Å². The summed E-state index contributed by atoms with van der Waals surface area (Å²) < 4.78 is 0.820. The van der Waals surface area contributed by atoms with E-state index in [2.05, 4.69) is 21.2 Å². The van der Waals surface area contributed by atoms with Crippen molar-refractivity contribution in [3.05, 3.63) is 33.3 Å². The summed E-state index contributed by atoms with van der Waals surface area (Å²) in [5.74, 6) is -0.180. The van der Waals surface area contributed by atoms with Crippen LogP contribution in [0.25, 0.3) is 0 Å². The standard InChI is InChI=1S/C13H15BrClNO2/c14-8-4-5-12(15)11(6-8)13(18)16-9-2-1-3-10(17)7-9/h4-6,9-10,17H,1-3,7H2,(H,16,18)/t9-,10+/m1/s1. The number of aliphatic hydroxyl groups is 1. The van der Waals surface area contributed by atoms with Crippen LogP contribution in [0.15, 0.2) is 22.7 Å². The molecule has 98 valence electrons. The maximum absolute atomic E-state index is 12.1. The normalized spacial score (nSPS) is 23.7. The molecule has 0 radical (unpaired) electrons. The number of hydrogen-bond donors (Lipinski definition) is 2. The third-order valence-corrected chi connectivity index (χ3v) is 3.98. The average molecular weight is 333 g/mol. The topological polar surface area (TPSA) is 49.3 Å². The van der Waals surface area contributed by atoms with E-state index in [4.69, 9.17) is 11.6 Å². The number of amides is 1. The van der Waals surface area contributed by atoms with Crippen molar-refractivity contribution in [3.8, 4) is 0 Å². The summed E-state index contributed by atoms with van der Waals surface area (Å²) >= 11 is 9.33. The van der Waals surface area contributed by atoms with Crippen molar-refractivity contribution in [2.24, 2.45) is 0 Å². The molecule has 1 aliphatic carbocycles. The summed E-state index contributed by atoms with van der Waals surface area (Å²) in [5.41, 5.74) is 0.464. The van der Waals surface area contributed by atoms with E-state index in [1.165, 1.54) is 0 Å². The van der Waals surface area contributed by atoms with Gasteiger partial charge in [0.15, 0.2) is 0 Å². The third kappa shape index (κ3) is 3.46. The maximum atomic E-state index is 12.1. The van der Waals surface area contributed by atoms with E-state index in [9.17, 15) is 9.90 Å². The van der Waals surface area contributed by atoms with Gasteiger partial charge in [-0.25, -0.2) is 0 Å². The van der Waals surface area contributed by atoms with Gasteiger partial charge in [-0.3, -0.25) is 4.79 Å². The van der Waals surface area contributed by atoms with Crippen LogP contribution in [0, 0.1) is 0 Å². The number of hydrogen-bond acceptors (Lipinski definition) is 2. The smallest absolute Gasteiger partial charge is 0.253 e. The second-order valence-corrected chi connectivity index (χ2v) is 5.94. The Balaban J connectivity index is 2.05. The quantitative estimate of drug-likeness (QED) is 0.874. The summed E-state index contributed by atoms with van der Waals surface area (Å²) in [6.07, 6.45) is 3.00. The first-order chi connectivity index (χ1) is 8.56. The van der Waals surface area contributed by atoms with E-state index in [0.717, 1.165) is 23.7 Å². The molecule has 1 fully saturated rings. The zero-order chi connectivity index (χ0) is 13.1. The van der Waals surface area contributed by atoms with Gasteiger partial charge in [-0.15, -0.1) is 0 Å². The number of benzene rings is 1. The van der Waals surface area contributed by atoms with Crippen molar-refractivity contribution in [2.45, 2.75) is 37.8 Å². The number of rotatable bonds is 2. The molecule has 2 N–H and O–H groups in total. The fourth-order valence-electron chi connectivity index (χ4n) is 2.23. The van der Waals surface area contributed by atoms with Crippen LogP contribution in [0.2, 0.25) is 5.02 Å². The molecule has 0 spiro atoms. The van der Waals surface area contributed by atoms with Crippen molar-refractivity contribution in [2.75, 3.05) is 0 Å². The van der Waals surface area contributed by atoms with Crippen molar-refractivity contribution in [1.29, 1.82) is 0 Å². The van der Waals surface area contributed by atoms with E-state index in [-0.39, 0.29) is 18.1 Å². The van der Waals surface area contributed by atoms with Crippen LogP contribution in [0.4, 0.5) is 0 Å². The van der Waals surface area contributed by atoms with Crippen LogP contribution in [0.1, 0.15) is 36.0 Å². The highest BCUT2D eigenvalue weighted by Crippen LogP contribution is 2.23. The Bertz CT molecular complexity index is 453. The highest BCUT2D eigenvalue weighted by Gasteiger charge is 2.22. The van der Waals surface area contributed by atoms with Gasteiger partial charge in [0.25, 0.3) is 5.91 Å². The highest BCUT2D eigenvalue weighted by molar-refractivity contribution is 9.10. The fourth-order valence-corrected chi connectivity index (χ4v) is 2.79. The number of aliphatic hydroxyl groups excluding tert-OH is 1. The van der Waals surface area contributed by atoms with Crippen LogP contribution >= 0.6 is 27.5 Å². The van der Waals surface area contributed by atoms with Gasteiger partial charge in [-0.05, 0) is 43.9 Å². The van der Waals surface area contributed by atoms with Crippen LogP contribution in [-0.4, -0.2) is 23.2 Å². The monoisotopic (exact) mass is 331 g/mol. The minimum Gasteiger partial charge on any atom is -0.393 e. The molecule has 5 heteroatoms. The van der Waals surface area contributed by atoms with E-state index in [0.29, 0.717) is 17.0 Å². The zero-order valence-electron chi connectivity index (χ0n) is 9.83. The molecule has 0 unspecified atom stereocenters. The molecule has 1 amide bonds. The van der Waals surface area contributed by atoms with E-state index >= 15 is 0 Å². The molecule has 1 aromatic rings. The lowest BCUT2D eigenvalue weighted by molar-refractivity contribution is 0.0850. The molecule has 1 aliphatic rings. The number of halogens is 2. The first-order valence-corrected chi connectivity index (χ1v) is 7.17. The molecule has 3 nitrogen and oxygen atoms in total. The fraction of sp³-hybridized carbons (Fsp3) is 0.462. The molecule has 0 heterocycles. The Kier molecular flexibility index (Phi) is 4.65. The molecule has 2 atom stereocenters. The molecule has 0 aliphatic heterocycles. The highest BCUT2D eigenvalue weighted by atomic mass is 79.9. The van der Waals surface area contributed by atoms with Crippen molar-refractivity contribution in [3.63, 3.8) is 0 Å². The third-order valence-electron chi connectivity index (χ3n) is 3.15. The van der Waals surface area contributed by atoms with Gasteiger partial charge in [0.05, 0.1) is 16.7 Å². The molecule has 1 saturated carbocycles. The summed E-state index contributed by atoms with van der Waals surface area (Å²) in [4.78, 5) is 12.1. The van der Waals surface area contributed by atoms with Crippen molar-refractivity contribution >= 4 is 33.4 Å². The second kappa shape index (κ2) is 6.04. The van der Waals surface area contributed by atoms with E-state index < -0.39 is 0 Å². The van der Waals surface area contributed by atoms with E-state index in [1.807, 2.05) is 0 Å². The Morgan fingerprint density at radius 3 is 2.94 bits per heavy atom. The van der Waals surface area contributed by atoms with Gasteiger partial charge in [-0.2, -0.15) is 0 Å². The lowest BCUT2D eigenvalue weighted by Crippen LogP contribution is -2.39. The number of nitrogens with one attached hydrogen (secondary N) is 1. The molecule has 0 bridgehead atoms. The number of carbonyl (C=O) groups is 1.